The lowest BCUT2D eigenvalue weighted by Gasteiger charge is -2.12. The van der Waals surface area contributed by atoms with Crippen molar-refractivity contribution in [3.05, 3.63) is 53.2 Å². The Bertz CT molecular complexity index is 502. The number of nitrogens with zero attached hydrogens (tertiary/aromatic N) is 2. The predicted molar refractivity (Wildman–Crippen MR) is 77.0 cm³/mol. The molecule has 2 nitrogen and oxygen atoms in total. The first-order chi connectivity index (χ1) is 8.58. The van der Waals surface area contributed by atoms with Crippen molar-refractivity contribution in [3.63, 3.8) is 0 Å². The molecule has 0 aliphatic carbocycles. The van der Waals surface area contributed by atoms with Gasteiger partial charge in [-0.05, 0) is 42.2 Å². The molecular weight excluding hydrogens is 220 g/mol. The molecule has 0 amide bonds. The van der Waals surface area contributed by atoms with Gasteiger partial charge in [0, 0.05) is 20.3 Å². The number of hydrogen-bond acceptors (Lipinski definition) is 2. The summed E-state index contributed by atoms with van der Waals surface area (Å²) in [4.78, 5) is 2.02. The zero-order chi connectivity index (χ0) is 13.5. The van der Waals surface area contributed by atoms with Gasteiger partial charge in [-0.15, -0.1) is 0 Å². The van der Waals surface area contributed by atoms with Gasteiger partial charge in [0.15, 0.2) is 0 Å². The topological polar surface area (TPSA) is 27.0 Å². The molecule has 0 unspecified atom stereocenters. The normalized spacial score (nSPS) is 11.6. The average molecular weight is 240 g/mol. The monoisotopic (exact) mass is 240 g/mol. The standard InChI is InChI=1S/C16H20N2/c1-5-6-7-15(12-18(3)4)16-10-14(11-17)9-8-13(16)2/h6-10,12H,5H2,1-4H3/b7-6+,15-12+. The van der Waals surface area contributed by atoms with Crippen molar-refractivity contribution in [2.24, 2.45) is 0 Å². The van der Waals surface area contributed by atoms with Crippen LogP contribution in [0.2, 0.25) is 0 Å². The Morgan fingerprint density at radius 1 is 1.39 bits per heavy atom. The molecule has 18 heavy (non-hydrogen) atoms. The van der Waals surface area contributed by atoms with Crippen molar-refractivity contribution in [2.45, 2.75) is 20.3 Å². The summed E-state index contributed by atoms with van der Waals surface area (Å²) < 4.78 is 0. The van der Waals surface area contributed by atoms with Crippen molar-refractivity contribution in [1.82, 2.24) is 4.90 Å². The quantitative estimate of drug-likeness (QED) is 0.750. The second-order valence-corrected chi connectivity index (χ2v) is 4.50. The summed E-state index contributed by atoms with van der Waals surface area (Å²) >= 11 is 0. The van der Waals surface area contributed by atoms with Gasteiger partial charge < -0.3 is 4.90 Å². The van der Waals surface area contributed by atoms with Gasteiger partial charge in [-0.3, -0.25) is 0 Å². The Labute approximate surface area is 110 Å². The molecule has 0 fully saturated rings. The Morgan fingerprint density at radius 3 is 2.67 bits per heavy atom. The molecule has 0 radical (unpaired) electrons. The highest BCUT2D eigenvalue weighted by Gasteiger charge is 2.04. The number of rotatable bonds is 4. The molecule has 0 N–H and O–H groups in total. The van der Waals surface area contributed by atoms with E-state index in [0.29, 0.717) is 5.56 Å². The maximum Gasteiger partial charge on any atom is 0.0991 e. The maximum atomic E-state index is 8.99. The van der Waals surface area contributed by atoms with Gasteiger partial charge in [-0.2, -0.15) is 5.26 Å². The minimum absolute atomic E-state index is 0.699. The summed E-state index contributed by atoms with van der Waals surface area (Å²) in [5.74, 6) is 0. The first-order valence-electron chi connectivity index (χ1n) is 6.14. The highest BCUT2D eigenvalue weighted by Crippen LogP contribution is 2.22. The average Bonchev–Trinajstić information content (AvgIpc) is 2.35. The SMILES string of the molecule is CC/C=C/C(=C\N(C)C)c1cc(C#N)ccc1C. The van der Waals surface area contributed by atoms with Crippen LogP contribution in [0.3, 0.4) is 0 Å². The second-order valence-electron chi connectivity index (χ2n) is 4.50. The molecule has 0 heterocycles. The van der Waals surface area contributed by atoms with Gasteiger partial charge in [-0.25, -0.2) is 0 Å². The highest BCUT2D eigenvalue weighted by atomic mass is 15.0. The van der Waals surface area contributed by atoms with Crippen molar-refractivity contribution >= 4 is 5.57 Å². The van der Waals surface area contributed by atoms with Crippen LogP contribution in [0.25, 0.3) is 5.57 Å². The largest absolute Gasteiger partial charge is 0.383 e. The first kappa shape index (κ1) is 14.1. The Balaban J connectivity index is 3.29. The van der Waals surface area contributed by atoms with Crippen LogP contribution in [0.1, 0.15) is 30.0 Å². The number of hydrogen-bond donors (Lipinski definition) is 0. The minimum Gasteiger partial charge on any atom is -0.383 e. The van der Waals surface area contributed by atoms with Gasteiger partial charge in [0.05, 0.1) is 11.6 Å². The molecule has 0 aliphatic heterocycles. The van der Waals surface area contributed by atoms with E-state index < -0.39 is 0 Å². The molecular formula is C16H20N2. The lowest BCUT2D eigenvalue weighted by atomic mass is 9.98. The lowest BCUT2D eigenvalue weighted by molar-refractivity contribution is 0.566. The van der Waals surface area contributed by atoms with Crippen LogP contribution in [0, 0.1) is 18.3 Å². The van der Waals surface area contributed by atoms with Crippen LogP contribution < -0.4 is 0 Å². The maximum absolute atomic E-state index is 8.99. The molecule has 0 aromatic heterocycles. The molecule has 0 saturated carbocycles. The fraction of sp³-hybridized carbons (Fsp3) is 0.312. The van der Waals surface area contributed by atoms with E-state index in [4.69, 9.17) is 5.26 Å². The van der Waals surface area contributed by atoms with Gasteiger partial charge in [-0.1, -0.05) is 25.1 Å². The molecule has 0 atom stereocenters. The van der Waals surface area contributed by atoms with Crippen LogP contribution in [0.5, 0.6) is 0 Å². The number of allylic oxidation sites excluding steroid dienone is 3. The molecule has 0 aliphatic rings. The van der Waals surface area contributed by atoms with Gasteiger partial charge >= 0.3 is 0 Å². The Hall–Kier alpha value is -2.01. The molecule has 1 aromatic carbocycles. The molecule has 0 saturated heterocycles. The summed E-state index contributed by atoms with van der Waals surface area (Å²) in [7, 11) is 4.01. The van der Waals surface area contributed by atoms with E-state index in [1.54, 1.807) is 0 Å². The summed E-state index contributed by atoms with van der Waals surface area (Å²) in [6.45, 7) is 4.18. The number of aryl methyl sites for hydroxylation is 1. The fourth-order valence-electron chi connectivity index (χ4n) is 1.73. The van der Waals surface area contributed by atoms with E-state index in [1.807, 2.05) is 37.2 Å². The van der Waals surface area contributed by atoms with Crippen LogP contribution in [-0.4, -0.2) is 19.0 Å². The predicted octanol–water partition coefficient (Wildman–Crippen LogP) is 3.74. The van der Waals surface area contributed by atoms with E-state index in [2.05, 4.69) is 38.3 Å². The first-order valence-corrected chi connectivity index (χ1v) is 6.14. The molecule has 1 rings (SSSR count). The van der Waals surface area contributed by atoms with E-state index >= 15 is 0 Å². The van der Waals surface area contributed by atoms with Crippen molar-refractivity contribution < 1.29 is 0 Å². The third-order valence-corrected chi connectivity index (χ3v) is 2.61. The van der Waals surface area contributed by atoms with Crippen LogP contribution >= 0.6 is 0 Å². The van der Waals surface area contributed by atoms with E-state index in [-0.39, 0.29) is 0 Å². The zero-order valence-corrected chi connectivity index (χ0v) is 11.6. The smallest absolute Gasteiger partial charge is 0.0991 e. The van der Waals surface area contributed by atoms with Crippen LogP contribution in [0.15, 0.2) is 36.6 Å². The van der Waals surface area contributed by atoms with Crippen molar-refractivity contribution in [1.29, 1.82) is 5.26 Å². The van der Waals surface area contributed by atoms with Crippen molar-refractivity contribution in [2.75, 3.05) is 14.1 Å². The molecule has 0 spiro atoms. The lowest BCUT2D eigenvalue weighted by Crippen LogP contribution is -2.03. The minimum atomic E-state index is 0.699. The Morgan fingerprint density at radius 2 is 2.11 bits per heavy atom. The van der Waals surface area contributed by atoms with Crippen molar-refractivity contribution in [3.8, 4) is 6.07 Å². The summed E-state index contributed by atoms with van der Waals surface area (Å²) in [5, 5.41) is 8.99. The molecule has 94 valence electrons. The summed E-state index contributed by atoms with van der Waals surface area (Å²) in [6.07, 6.45) is 7.33. The molecule has 0 bridgehead atoms. The Kier molecular flexibility index (Phi) is 5.20. The van der Waals surface area contributed by atoms with Gasteiger partial charge in [0.1, 0.15) is 0 Å². The molecule has 1 aromatic rings. The van der Waals surface area contributed by atoms with Crippen LogP contribution in [0.4, 0.5) is 0 Å². The third kappa shape index (κ3) is 3.78. The van der Waals surface area contributed by atoms with E-state index in [1.165, 1.54) is 5.56 Å². The summed E-state index contributed by atoms with van der Waals surface area (Å²) in [6, 6.07) is 8.00. The van der Waals surface area contributed by atoms with Gasteiger partial charge in [0.25, 0.3) is 0 Å². The number of nitriles is 1. The van der Waals surface area contributed by atoms with Gasteiger partial charge in [0.2, 0.25) is 0 Å². The van der Waals surface area contributed by atoms with Crippen LogP contribution in [-0.2, 0) is 0 Å². The number of benzene rings is 1. The zero-order valence-electron chi connectivity index (χ0n) is 11.6. The van der Waals surface area contributed by atoms with E-state index in [0.717, 1.165) is 17.6 Å². The fourth-order valence-corrected chi connectivity index (χ4v) is 1.73. The summed E-state index contributed by atoms with van der Waals surface area (Å²) in [5.41, 5.74) is 4.14. The highest BCUT2D eigenvalue weighted by molar-refractivity contribution is 5.76. The third-order valence-electron chi connectivity index (χ3n) is 2.61. The molecule has 2 heteroatoms. The second kappa shape index (κ2) is 6.66. The van der Waals surface area contributed by atoms with E-state index in [9.17, 15) is 0 Å².